The number of β-lactam (4-membered cyclic amide) rings is 1. The quantitative estimate of drug-likeness (QED) is 0.151. The topological polar surface area (TPSA) is 108 Å². The Labute approximate surface area is 153 Å². The Hall–Kier alpha value is -2.36. The van der Waals surface area contributed by atoms with Gasteiger partial charge in [0.1, 0.15) is 0 Å². The van der Waals surface area contributed by atoms with E-state index in [2.05, 4.69) is 9.47 Å². The van der Waals surface area contributed by atoms with Gasteiger partial charge in [0.05, 0.1) is 32.1 Å². The summed E-state index contributed by atoms with van der Waals surface area (Å²) in [5.74, 6) is -2.17. The second-order valence-electron chi connectivity index (χ2n) is 6.70. The molecule has 0 aliphatic carbocycles. The number of hydrogen-bond acceptors (Lipinski definition) is 8. The maximum absolute atomic E-state index is 12.0. The van der Waals surface area contributed by atoms with E-state index in [0.29, 0.717) is 5.76 Å². The van der Waals surface area contributed by atoms with Gasteiger partial charge in [0, 0.05) is 19.8 Å². The zero-order chi connectivity index (χ0) is 20.1. The Morgan fingerprint density at radius 3 is 2.27 bits per heavy atom. The molecule has 0 radical (unpaired) electrons. The second kappa shape index (κ2) is 8.83. The third kappa shape index (κ3) is 6.17. The molecule has 1 aliphatic rings. The number of esters is 3. The number of ether oxygens (including phenoxy) is 3. The van der Waals surface area contributed by atoms with E-state index in [4.69, 9.17) is 9.16 Å². The van der Waals surface area contributed by atoms with Crippen LogP contribution in [-0.4, -0.2) is 63.5 Å². The highest BCUT2D eigenvalue weighted by molar-refractivity contribution is 6.70. The van der Waals surface area contributed by atoms with Crippen molar-refractivity contribution in [3.63, 3.8) is 0 Å². The average Bonchev–Trinajstić information content (AvgIpc) is 2.50. The number of carbonyl (C=O) groups excluding carboxylic acids is 4. The fourth-order valence-electron chi connectivity index (χ4n) is 2.41. The maximum atomic E-state index is 12.0. The minimum Gasteiger partial charge on any atom is -0.547 e. The van der Waals surface area contributed by atoms with Crippen molar-refractivity contribution in [2.75, 3.05) is 14.2 Å². The van der Waals surface area contributed by atoms with E-state index >= 15 is 0 Å². The average molecular weight is 387 g/mol. The second-order valence-corrected chi connectivity index (χ2v) is 11.1. The summed E-state index contributed by atoms with van der Waals surface area (Å²) in [6.07, 6.45) is 0.0652. The third-order valence-electron chi connectivity index (χ3n) is 3.38. The number of methoxy groups -OCH3 is 2. The van der Waals surface area contributed by atoms with Gasteiger partial charge in [-0.3, -0.25) is 14.5 Å². The zero-order valence-corrected chi connectivity index (χ0v) is 16.9. The number of amides is 1. The van der Waals surface area contributed by atoms with Gasteiger partial charge in [-0.15, -0.1) is 0 Å². The van der Waals surface area contributed by atoms with Crippen molar-refractivity contribution >= 4 is 32.1 Å². The summed E-state index contributed by atoms with van der Waals surface area (Å²) in [5, 5.41) is 0. The molecule has 0 saturated carbocycles. The molecule has 0 aromatic rings. The lowest BCUT2D eigenvalue weighted by Gasteiger charge is -2.43. The number of rotatable bonds is 8. The molecule has 0 N–H and O–H groups in total. The van der Waals surface area contributed by atoms with Crippen LogP contribution in [0.2, 0.25) is 19.6 Å². The molecule has 0 aromatic carbocycles. The standard InChI is InChI=1S/C16H25NO8Si/c1-10(18)24-15(16(21)23-3)17-11(8-13(17)19)7-12(9-14(20)22-2)25-26(4,5)6/h9,11,15H,7-8H2,1-6H3/b12-9+/t11-,15?/m0/s1. The van der Waals surface area contributed by atoms with E-state index in [-0.39, 0.29) is 18.7 Å². The lowest BCUT2D eigenvalue weighted by Crippen LogP contribution is -2.61. The highest BCUT2D eigenvalue weighted by Gasteiger charge is 2.46. The first-order valence-corrected chi connectivity index (χ1v) is 11.4. The van der Waals surface area contributed by atoms with Crippen LogP contribution in [0.5, 0.6) is 0 Å². The van der Waals surface area contributed by atoms with E-state index in [1.54, 1.807) is 0 Å². The van der Waals surface area contributed by atoms with Crippen LogP contribution in [0.1, 0.15) is 19.8 Å². The van der Waals surface area contributed by atoms with E-state index in [1.807, 2.05) is 19.6 Å². The Bertz CT molecular complexity index is 610. The van der Waals surface area contributed by atoms with Crippen molar-refractivity contribution in [1.29, 1.82) is 0 Å². The van der Waals surface area contributed by atoms with Crippen LogP contribution in [0.15, 0.2) is 11.8 Å². The van der Waals surface area contributed by atoms with E-state index in [1.165, 1.54) is 13.2 Å². The SMILES string of the molecule is COC(=O)/C=C(\C[C@H]1CC(=O)N1C(OC(C)=O)C(=O)OC)O[Si](C)(C)C. The molecule has 10 heteroatoms. The van der Waals surface area contributed by atoms with Crippen LogP contribution in [-0.2, 0) is 37.8 Å². The smallest absolute Gasteiger partial charge is 0.369 e. The maximum Gasteiger partial charge on any atom is 0.369 e. The Balaban J connectivity index is 3.01. The van der Waals surface area contributed by atoms with Crippen LogP contribution in [0.25, 0.3) is 0 Å². The minimum atomic E-state index is -2.03. The van der Waals surface area contributed by atoms with Crippen LogP contribution < -0.4 is 0 Å². The molecule has 1 fully saturated rings. The van der Waals surface area contributed by atoms with Crippen LogP contribution in [0, 0.1) is 0 Å². The van der Waals surface area contributed by atoms with Gasteiger partial charge in [-0.2, -0.15) is 0 Å². The number of likely N-dealkylation sites (tertiary alicyclic amines) is 1. The lowest BCUT2D eigenvalue weighted by atomic mass is 9.97. The normalized spacial score (nSPS) is 18.5. The largest absolute Gasteiger partial charge is 0.547 e. The Morgan fingerprint density at radius 2 is 1.85 bits per heavy atom. The summed E-state index contributed by atoms with van der Waals surface area (Å²) < 4.78 is 20.1. The van der Waals surface area contributed by atoms with Gasteiger partial charge < -0.3 is 18.6 Å². The lowest BCUT2D eigenvalue weighted by molar-refractivity contribution is -0.193. The zero-order valence-electron chi connectivity index (χ0n) is 15.9. The fraction of sp³-hybridized carbons (Fsp3) is 0.625. The van der Waals surface area contributed by atoms with Crippen LogP contribution in [0.3, 0.4) is 0 Å². The van der Waals surface area contributed by atoms with Gasteiger partial charge in [-0.1, -0.05) is 0 Å². The predicted octanol–water partition coefficient (Wildman–Crippen LogP) is 0.948. The summed E-state index contributed by atoms with van der Waals surface area (Å²) in [4.78, 5) is 47.9. The van der Waals surface area contributed by atoms with Gasteiger partial charge in [0.2, 0.25) is 14.2 Å². The van der Waals surface area contributed by atoms with Crippen molar-refractivity contribution in [2.45, 2.75) is 51.7 Å². The van der Waals surface area contributed by atoms with E-state index in [0.717, 1.165) is 18.9 Å². The van der Waals surface area contributed by atoms with Crippen molar-refractivity contribution in [2.24, 2.45) is 0 Å². The summed E-state index contributed by atoms with van der Waals surface area (Å²) >= 11 is 0. The van der Waals surface area contributed by atoms with Crippen molar-refractivity contribution in [1.82, 2.24) is 4.90 Å². The first kappa shape index (κ1) is 21.7. The monoisotopic (exact) mass is 387 g/mol. The molecule has 1 rings (SSSR count). The van der Waals surface area contributed by atoms with Crippen molar-refractivity contribution < 1.29 is 37.8 Å². The Kier molecular flexibility index (Phi) is 7.37. The molecule has 0 spiro atoms. The van der Waals surface area contributed by atoms with Gasteiger partial charge in [-0.05, 0) is 19.6 Å². The molecule has 0 aromatic heterocycles. The van der Waals surface area contributed by atoms with Crippen LogP contribution in [0.4, 0.5) is 0 Å². The van der Waals surface area contributed by atoms with E-state index in [9.17, 15) is 19.2 Å². The third-order valence-corrected chi connectivity index (χ3v) is 4.25. The van der Waals surface area contributed by atoms with Gasteiger partial charge >= 0.3 is 17.9 Å². The number of hydrogen-bond donors (Lipinski definition) is 0. The number of nitrogens with zero attached hydrogens (tertiary/aromatic N) is 1. The highest BCUT2D eigenvalue weighted by atomic mass is 28.4. The molecule has 1 heterocycles. The summed E-state index contributed by atoms with van der Waals surface area (Å²) in [6.45, 7) is 6.96. The van der Waals surface area contributed by atoms with Gasteiger partial charge in [0.15, 0.2) is 0 Å². The molecule has 146 valence electrons. The molecule has 1 unspecified atom stereocenters. The van der Waals surface area contributed by atoms with Crippen molar-refractivity contribution in [3.8, 4) is 0 Å². The van der Waals surface area contributed by atoms with Crippen molar-refractivity contribution in [3.05, 3.63) is 11.8 Å². The fourth-order valence-corrected chi connectivity index (χ4v) is 3.34. The molecule has 1 saturated heterocycles. The molecular formula is C16H25NO8Si. The molecule has 1 amide bonds. The summed E-state index contributed by atoms with van der Waals surface area (Å²) in [6, 6.07) is -0.474. The number of carbonyl (C=O) groups is 4. The van der Waals surface area contributed by atoms with E-state index < -0.39 is 38.5 Å². The van der Waals surface area contributed by atoms with Gasteiger partial charge in [-0.25, -0.2) is 9.59 Å². The first-order chi connectivity index (χ1) is 12.0. The predicted molar refractivity (Wildman–Crippen MR) is 92.0 cm³/mol. The molecule has 9 nitrogen and oxygen atoms in total. The molecule has 1 aliphatic heterocycles. The molecular weight excluding hydrogens is 362 g/mol. The summed E-state index contributed by atoms with van der Waals surface area (Å²) in [7, 11) is 0.349. The van der Waals surface area contributed by atoms with Crippen LogP contribution >= 0.6 is 0 Å². The molecule has 0 bridgehead atoms. The minimum absolute atomic E-state index is 0.127. The first-order valence-electron chi connectivity index (χ1n) is 8.02. The highest BCUT2D eigenvalue weighted by Crippen LogP contribution is 2.30. The molecule has 26 heavy (non-hydrogen) atoms. The summed E-state index contributed by atoms with van der Waals surface area (Å²) in [5.41, 5.74) is 0. The molecule has 2 atom stereocenters. The Morgan fingerprint density at radius 1 is 1.23 bits per heavy atom. The van der Waals surface area contributed by atoms with Gasteiger partial charge in [0.25, 0.3) is 6.23 Å².